The number of hydrogen-bond acceptors (Lipinski definition) is 2. The van der Waals surface area contributed by atoms with Crippen molar-refractivity contribution in [2.24, 2.45) is 0 Å². The van der Waals surface area contributed by atoms with Gasteiger partial charge in [0.05, 0.1) is 5.41 Å². The Balaban J connectivity index is 2.74. The fourth-order valence-corrected chi connectivity index (χ4v) is 2.62. The zero-order valence-electron chi connectivity index (χ0n) is 12.1. The Morgan fingerprint density at radius 2 is 1.67 bits per heavy atom. The van der Waals surface area contributed by atoms with E-state index < -0.39 is 5.41 Å². The van der Waals surface area contributed by atoms with E-state index in [-0.39, 0.29) is 5.78 Å². The normalized spacial score (nSPS) is 17.8. The van der Waals surface area contributed by atoms with Crippen LogP contribution in [0.2, 0.25) is 0 Å². The van der Waals surface area contributed by atoms with E-state index >= 15 is 0 Å². The van der Waals surface area contributed by atoms with Crippen LogP contribution in [0.1, 0.15) is 38.8 Å². The number of allylic oxidation sites excluding steroid dienone is 2. The minimum Gasteiger partial charge on any atom is -0.378 e. The predicted molar refractivity (Wildman–Crippen MR) is 77.1 cm³/mol. The van der Waals surface area contributed by atoms with E-state index in [1.165, 1.54) is 5.56 Å². The van der Waals surface area contributed by atoms with E-state index in [0.717, 1.165) is 22.4 Å². The van der Waals surface area contributed by atoms with Gasteiger partial charge in [-0.05, 0) is 62.1 Å². The van der Waals surface area contributed by atoms with Crippen molar-refractivity contribution in [3.05, 3.63) is 34.9 Å². The summed E-state index contributed by atoms with van der Waals surface area (Å²) in [4.78, 5) is 14.5. The average molecular weight is 243 g/mol. The molecule has 0 aliphatic heterocycles. The molecule has 0 fully saturated rings. The number of rotatable bonds is 1. The van der Waals surface area contributed by atoms with E-state index in [0.29, 0.717) is 0 Å². The summed E-state index contributed by atoms with van der Waals surface area (Å²) in [6.07, 6.45) is 0. The standard InChI is InChI=1S/C16H21NO/c1-10-11(2)15(18)16(3,4)14-9-12(17(5)6)7-8-13(10)14/h7-9H,1-6H3. The molecule has 1 aromatic rings. The van der Waals surface area contributed by atoms with Gasteiger partial charge in [0.15, 0.2) is 5.78 Å². The van der Waals surface area contributed by atoms with Crippen LogP contribution in [0.3, 0.4) is 0 Å². The number of benzene rings is 1. The van der Waals surface area contributed by atoms with Gasteiger partial charge < -0.3 is 4.90 Å². The summed E-state index contributed by atoms with van der Waals surface area (Å²) in [7, 11) is 4.04. The first kappa shape index (κ1) is 12.9. The van der Waals surface area contributed by atoms with Gasteiger partial charge in [-0.25, -0.2) is 0 Å². The van der Waals surface area contributed by atoms with E-state index in [1.54, 1.807) is 0 Å². The Bertz CT molecular complexity index is 550. The van der Waals surface area contributed by atoms with Crippen molar-refractivity contribution in [2.75, 3.05) is 19.0 Å². The number of carbonyl (C=O) groups excluding carboxylic acids is 1. The fraction of sp³-hybridized carbons (Fsp3) is 0.438. The predicted octanol–water partition coefficient (Wildman–Crippen LogP) is 3.41. The zero-order chi connectivity index (χ0) is 13.7. The molecule has 0 saturated carbocycles. The highest BCUT2D eigenvalue weighted by molar-refractivity contribution is 6.11. The molecular weight excluding hydrogens is 222 g/mol. The van der Waals surface area contributed by atoms with Crippen molar-refractivity contribution >= 4 is 17.0 Å². The quantitative estimate of drug-likeness (QED) is 0.753. The van der Waals surface area contributed by atoms with Crippen LogP contribution in [0.15, 0.2) is 23.8 Å². The lowest BCUT2D eigenvalue weighted by Gasteiger charge is -2.33. The van der Waals surface area contributed by atoms with Crippen molar-refractivity contribution in [1.29, 1.82) is 0 Å². The van der Waals surface area contributed by atoms with Crippen LogP contribution >= 0.6 is 0 Å². The topological polar surface area (TPSA) is 20.3 Å². The molecule has 0 radical (unpaired) electrons. The van der Waals surface area contributed by atoms with E-state index in [4.69, 9.17) is 0 Å². The number of carbonyl (C=O) groups is 1. The van der Waals surface area contributed by atoms with Gasteiger partial charge in [-0.2, -0.15) is 0 Å². The van der Waals surface area contributed by atoms with Crippen molar-refractivity contribution in [3.63, 3.8) is 0 Å². The molecule has 0 aromatic heterocycles. The van der Waals surface area contributed by atoms with Crippen LogP contribution in [-0.2, 0) is 10.2 Å². The number of hydrogen-bond donors (Lipinski definition) is 0. The van der Waals surface area contributed by atoms with Gasteiger partial charge in [0.2, 0.25) is 0 Å². The molecule has 96 valence electrons. The fourth-order valence-electron chi connectivity index (χ4n) is 2.62. The van der Waals surface area contributed by atoms with Crippen molar-refractivity contribution in [1.82, 2.24) is 0 Å². The lowest BCUT2D eigenvalue weighted by Crippen LogP contribution is -2.34. The molecule has 0 amide bonds. The second-order valence-electron chi connectivity index (χ2n) is 5.83. The van der Waals surface area contributed by atoms with E-state index in [1.807, 2.05) is 41.8 Å². The lowest BCUT2D eigenvalue weighted by atomic mass is 9.69. The third-order valence-corrected chi connectivity index (χ3v) is 4.07. The molecule has 0 heterocycles. The van der Waals surface area contributed by atoms with Gasteiger partial charge in [0.1, 0.15) is 0 Å². The second-order valence-corrected chi connectivity index (χ2v) is 5.83. The highest BCUT2D eigenvalue weighted by Crippen LogP contribution is 2.41. The maximum absolute atomic E-state index is 12.4. The number of Topliss-reactive ketones (excluding diaryl/α,β-unsaturated/α-hetero) is 1. The monoisotopic (exact) mass is 243 g/mol. The van der Waals surface area contributed by atoms with Gasteiger partial charge >= 0.3 is 0 Å². The third-order valence-electron chi connectivity index (χ3n) is 4.07. The summed E-state index contributed by atoms with van der Waals surface area (Å²) in [5.41, 5.74) is 5.07. The van der Waals surface area contributed by atoms with Crippen LogP contribution in [0.5, 0.6) is 0 Å². The largest absolute Gasteiger partial charge is 0.378 e. The molecule has 0 saturated heterocycles. The molecule has 2 nitrogen and oxygen atoms in total. The van der Waals surface area contributed by atoms with Crippen LogP contribution in [0.25, 0.3) is 5.57 Å². The number of anilines is 1. The molecule has 18 heavy (non-hydrogen) atoms. The summed E-state index contributed by atoms with van der Waals surface area (Å²) in [5, 5.41) is 0. The van der Waals surface area contributed by atoms with E-state index in [2.05, 4.69) is 23.1 Å². The molecule has 0 spiro atoms. The first-order valence-electron chi connectivity index (χ1n) is 6.31. The van der Waals surface area contributed by atoms with Gasteiger partial charge in [-0.3, -0.25) is 4.79 Å². The van der Waals surface area contributed by atoms with Crippen LogP contribution < -0.4 is 4.90 Å². The van der Waals surface area contributed by atoms with Crippen molar-refractivity contribution < 1.29 is 4.79 Å². The van der Waals surface area contributed by atoms with Crippen LogP contribution in [0.4, 0.5) is 5.69 Å². The highest BCUT2D eigenvalue weighted by Gasteiger charge is 2.37. The highest BCUT2D eigenvalue weighted by atomic mass is 16.1. The number of ketones is 1. The molecule has 1 aliphatic carbocycles. The first-order valence-corrected chi connectivity index (χ1v) is 6.31. The van der Waals surface area contributed by atoms with Gasteiger partial charge in [0.25, 0.3) is 0 Å². The molecule has 0 atom stereocenters. The first-order chi connectivity index (χ1) is 8.26. The number of nitrogens with zero attached hydrogens (tertiary/aromatic N) is 1. The minimum absolute atomic E-state index is 0.239. The minimum atomic E-state index is -0.426. The van der Waals surface area contributed by atoms with Gasteiger partial charge in [0, 0.05) is 19.8 Å². The second kappa shape index (κ2) is 3.98. The Kier molecular flexibility index (Phi) is 2.84. The molecule has 1 aliphatic rings. The Labute approximate surface area is 109 Å². The van der Waals surface area contributed by atoms with Crippen LogP contribution in [-0.4, -0.2) is 19.9 Å². The molecule has 0 N–H and O–H groups in total. The van der Waals surface area contributed by atoms with Crippen LogP contribution in [0, 0.1) is 0 Å². The molecular formula is C16H21NO. The molecule has 0 bridgehead atoms. The maximum Gasteiger partial charge on any atom is 0.168 e. The smallest absolute Gasteiger partial charge is 0.168 e. The molecule has 2 rings (SSSR count). The summed E-state index contributed by atoms with van der Waals surface area (Å²) < 4.78 is 0. The Morgan fingerprint density at radius 3 is 2.22 bits per heavy atom. The summed E-state index contributed by atoms with van der Waals surface area (Å²) in [5.74, 6) is 0.239. The van der Waals surface area contributed by atoms with Gasteiger partial charge in [-0.1, -0.05) is 6.07 Å². The maximum atomic E-state index is 12.4. The molecule has 1 aromatic carbocycles. The van der Waals surface area contributed by atoms with E-state index in [9.17, 15) is 4.79 Å². The molecule has 2 heteroatoms. The van der Waals surface area contributed by atoms with Crippen molar-refractivity contribution in [2.45, 2.75) is 33.1 Å². The average Bonchev–Trinajstić information content (AvgIpc) is 2.33. The SMILES string of the molecule is CC1=C(C)c2ccc(N(C)C)cc2C(C)(C)C1=O. The number of fused-ring (bicyclic) bond motifs is 1. The summed E-state index contributed by atoms with van der Waals surface area (Å²) in [6.45, 7) is 8.01. The molecule has 0 unspecified atom stereocenters. The Morgan fingerprint density at radius 1 is 1.06 bits per heavy atom. The zero-order valence-corrected chi connectivity index (χ0v) is 12.1. The van der Waals surface area contributed by atoms with Crippen molar-refractivity contribution in [3.8, 4) is 0 Å². The summed E-state index contributed by atoms with van der Waals surface area (Å²) >= 11 is 0. The Hall–Kier alpha value is -1.57. The van der Waals surface area contributed by atoms with Gasteiger partial charge in [-0.15, -0.1) is 0 Å². The lowest BCUT2D eigenvalue weighted by molar-refractivity contribution is -0.119. The third kappa shape index (κ3) is 1.67. The summed E-state index contributed by atoms with van der Waals surface area (Å²) in [6, 6.07) is 6.39.